The Morgan fingerprint density at radius 2 is 2.09 bits per heavy atom. The van der Waals surface area contributed by atoms with Crippen LogP contribution in [0.15, 0.2) is 12.1 Å². The standard InChI is InChI=1S/C18H27NO3/c1-19-10-4-7-16-13(12-19)8-9-17(21-2)18(16)22-15-6-3-5-14(20)11-15/h8-9,14-15,20H,3-7,10-12H2,1-2H3. The number of hydrogen-bond acceptors (Lipinski definition) is 4. The van der Waals surface area contributed by atoms with Crippen molar-refractivity contribution >= 4 is 0 Å². The molecule has 2 aliphatic rings. The zero-order valence-corrected chi connectivity index (χ0v) is 13.7. The van der Waals surface area contributed by atoms with Gasteiger partial charge in [0.2, 0.25) is 0 Å². The van der Waals surface area contributed by atoms with Crippen molar-refractivity contribution < 1.29 is 14.6 Å². The minimum Gasteiger partial charge on any atom is -0.493 e. The molecule has 1 aliphatic carbocycles. The first-order valence-electron chi connectivity index (χ1n) is 8.39. The topological polar surface area (TPSA) is 41.9 Å². The van der Waals surface area contributed by atoms with Crippen LogP contribution in [-0.4, -0.2) is 42.9 Å². The molecule has 22 heavy (non-hydrogen) atoms. The van der Waals surface area contributed by atoms with E-state index in [4.69, 9.17) is 9.47 Å². The lowest BCUT2D eigenvalue weighted by Crippen LogP contribution is -2.28. The summed E-state index contributed by atoms with van der Waals surface area (Å²) in [5.41, 5.74) is 2.64. The van der Waals surface area contributed by atoms with E-state index in [-0.39, 0.29) is 12.2 Å². The maximum atomic E-state index is 9.88. The summed E-state index contributed by atoms with van der Waals surface area (Å²) < 4.78 is 11.9. The lowest BCUT2D eigenvalue weighted by molar-refractivity contribution is 0.0517. The highest BCUT2D eigenvalue weighted by atomic mass is 16.5. The zero-order valence-electron chi connectivity index (χ0n) is 13.7. The van der Waals surface area contributed by atoms with Gasteiger partial charge in [-0.25, -0.2) is 0 Å². The summed E-state index contributed by atoms with van der Waals surface area (Å²) >= 11 is 0. The molecular formula is C18H27NO3. The number of ether oxygens (including phenoxy) is 2. The van der Waals surface area contributed by atoms with E-state index < -0.39 is 0 Å². The Labute approximate surface area is 133 Å². The van der Waals surface area contributed by atoms with Crippen LogP contribution in [0.1, 0.15) is 43.2 Å². The monoisotopic (exact) mass is 305 g/mol. The molecule has 1 aromatic carbocycles. The molecule has 1 saturated carbocycles. The fourth-order valence-electron chi connectivity index (χ4n) is 3.65. The number of aliphatic hydroxyl groups is 1. The van der Waals surface area contributed by atoms with E-state index in [1.54, 1.807) is 7.11 Å². The Hall–Kier alpha value is -1.26. The number of benzene rings is 1. The summed E-state index contributed by atoms with van der Waals surface area (Å²) in [5, 5.41) is 9.88. The third kappa shape index (κ3) is 3.39. The molecule has 2 atom stereocenters. The number of methoxy groups -OCH3 is 1. The molecule has 1 aliphatic heterocycles. The van der Waals surface area contributed by atoms with Crippen molar-refractivity contribution in [2.75, 3.05) is 20.7 Å². The average molecular weight is 305 g/mol. The Balaban J connectivity index is 1.89. The first kappa shape index (κ1) is 15.6. The van der Waals surface area contributed by atoms with Crippen LogP contribution in [0.4, 0.5) is 0 Å². The van der Waals surface area contributed by atoms with Crippen molar-refractivity contribution in [2.45, 2.75) is 57.3 Å². The minimum absolute atomic E-state index is 0.102. The maximum Gasteiger partial charge on any atom is 0.165 e. The molecule has 0 spiro atoms. The van der Waals surface area contributed by atoms with Crippen LogP contribution in [0.3, 0.4) is 0 Å². The SMILES string of the molecule is COc1ccc2c(c1OC1CCCC(O)C1)CCCN(C)C2. The van der Waals surface area contributed by atoms with Gasteiger partial charge in [0.15, 0.2) is 11.5 Å². The van der Waals surface area contributed by atoms with Gasteiger partial charge in [0.05, 0.1) is 13.2 Å². The highest BCUT2D eigenvalue weighted by Crippen LogP contribution is 2.38. The summed E-state index contributed by atoms with van der Waals surface area (Å²) in [6.07, 6.45) is 5.72. The van der Waals surface area contributed by atoms with E-state index in [0.29, 0.717) is 0 Å². The Morgan fingerprint density at radius 3 is 2.86 bits per heavy atom. The predicted octanol–water partition coefficient (Wildman–Crippen LogP) is 2.76. The van der Waals surface area contributed by atoms with Crippen molar-refractivity contribution in [1.29, 1.82) is 0 Å². The number of nitrogens with zero attached hydrogens (tertiary/aromatic N) is 1. The molecule has 0 saturated heterocycles. The van der Waals surface area contributed by atoms with Gasteiger partial charge in [0.25, 0.3) is 0 Å². The molecule has 3 rings (SSSR count). The Kier molecular flexibility index (Phi) is 4.89. The summed E-state index contributed by atoms with van der Waals surface area (Å²) in [7, 11) is 3.87. The Morgan fingerprint density at radius 1 is 1.23 bits per heavy atom. The van der Waals surface area contributed by atoms with Crippen LogP contribution < -0.4 is 9.47 Å². The van der Waals surface area contributed by atoms with Gasteiger partial charge in [-0.2, -0.15) is 0 Å². The summed E-state index contributed by atoms with van der Waals surface area (Å²) in [4.78, 5) is 2.35. The lowest BCUT2D eigenvalue weighted by atomic mass is 9.94. The van der Waals surface area contributed by atoms with Gasteiger partial charge in [-0.1, -0.05) is 6.07 Å². The summed E-state index contributed by atoms with van der Waals surface area (Å²) in [6, 6.07) is 4.19. The maximum absolute atomic E-state index is 9.88. The van der Waals surface area contributed by atoms with E-state index in [0.717, 1.165) is 63.1 Å². The number of hydrogen-bond donors (Lipinski definition) is 1. The van der Waals surface area contributed by atoms with Gasteiger partial charge in [-0.15, -0.1) is 0 Å². The fourth-order valence-corrected chi connectivity index (χ4v) is 3.65. The highest BCUT2D eigenvalue weighted by molar-refractivity contribution is 5.51. The lowest BCUT2D eigenvalue weighted by Gasteiger charge is -2.28. The van der Waals surface area contributed by atoms with Crippen molar-refractivity contribution in [3.05, 3.63) is 23.3 Å². The molecule has 122 valence electrons. The van der Waals surface area contributed by atoms with E-state index in [1.807, 2.05) is 6.07 Å². The molecule has 4 heteroatoms. The normalized spacial score (nSPS) is 26.1. The van der Waals surface area contributed by atoms with Crippen LogP contribution >= 0.6 is 0 Å². The third-order valence-corrected chi connectivity index (χ3v) is 4.83. The van der Waals surface area contributed by atoms with Gasteiger partial charge in [-0.3, -0.25) is 0 Å². The third-order valence-electron chi connectivity index (χ3n) is 4.83. The molecule has 0 bridgehead atoms. The fraction of sp³-hybridized carbons (Fsp3) is 0.667. The van der Waals surface area contributed by atoms with Crippen LogP contribution in [0.5, 0.6) is 11.5 Å². The van der Waals surface area contributed by atoms with E-state index >= 15 is 0 Å². The smallest absolute Gasteiger partial charge is 0.165 e. The Bertz CT molecular complexity index is 517. The molecule has 1 N–H and O–H groups in total. The predicted molar refractivity (Wildman–Crippen MR) is 86.5 cm³/mol. The minimum atomic E-state index is -0.224. The second-order valence-corrected chi connectivity index (χ2v) is 6.64. The van der Waals surface area contributed by atoms with Gasteiger partial charge in [-0.05, 0) is 57.3 Å². The molecule has 1 aromatic rings. The van der Waals surface area contributed by atoms with Crippen LogP contribution in [0.25, 0.3) is 0 Å². The molecule has 4 nitrogen and oxygen atoms in total. The number of rotatable bonds is 3. The molecule has 0 amide bonds. The van der Waals surface area contributed by atoms with E-state index in [9.17, 15) is 5.11 Å². The molecule has 1 fully saturated rings. The second-order valence-electron chi connectivity index (χ2n) is 6.64. The van der Waals surface area contributed by atoms with Crippen LogP contribution in [0, 0.1) is 0 Å². The van der Waals surface area contributed by atoms with Crippen LogP contribution in [-0.2, 0) is 13.0 Å². The zero-order chi connectivity index (χ0) is 15.5. The van der Waals surface area contributed by atoms with Crippen LogP contribution in [0.2, 0.25) is 0 Å². The first-order chi connectivity index (χ1) is 10.7. The molecule has 0 radical (unpaired) electrons. The van der Waals surface area contributed by atoms with Crippen molar-refractivity contribution in [1.82, 2.24) is 4.90 Å². The van der Waals surface area contributed by atoms with Crippen molar-refractivity contribution in [2.24, 2.45) is 0 Å². The van der Waals surface area contributed by atoms with E-state index in [2.05, 4.69) is 18.0 Å². The number of fused-ring (bicyclic) bond motifs is 1. The molecular weight excluding hydrogens is 278 g/mol. The van der Waals surface area contributed by atoms with E-state index in [1.165, 1.54) is 11.1 Å². The van der Waals surface area contributed by atoms with Gasteiger partial charge in [0.1, 0.15) is 6.10 Å². The molecule has 0 aromatic heterocycles. The summed E-state index contributed by atoms with van der Waals surface area (Å²) in [6.45, 7) is 2.07. The average Bonchev–Trinajstić information content (AvgIpc) is 2.68. The largest absolute Gasteiger partial charge is 0.493 e. The van der Waals surface area contributed by atoms with Gasteiger partial charge in [0, 0.05) is 18.5 Å². The van der Waals surface area contributed by atoms with Gasteiger partial charge >= 0.3 is 0 Å². The molecule has 2 unspecified atom stereocenters. The highest BCUT2D eigenvalue weighted by Gasteiger charge is 2.25. The van der Waals surface area contributed by atoms with Gasteiger partial charge < -0.3 is 19.5 Å². The quantitative estimate of drug-likeness (QED) is 0.932. The van der Waals surface area contributed by atoms with Crippen molar-refractivity contribution in [3.63, 3.8) is 0 Å². The first-order valence-corrected chi connectivity index (χ1v) is 8.39. The molecule has 1 heterocycles. The number of aliphatic hydroxyl groups excluding tert-OH is 1. The second kappa shape index (κ2) is 6.88. The van der Waals surface area contributed by atoms with Crippen molar-refractivity contribution in [3.8, 4) is 11.5 Å². The summed E-state index contributed by atoms with van der Waals surface area (Å²) in [5.74, 6) is 1.73.